The maximum Gasteiger partial charge on any atom is 0.342 e. The number of carbonyl (C=O) groups excluding carboxylic acids is 1. The predicted octanol–water partition coefficient (Wildman–Crippen LogP) is 4.38. The van der Waals surface area contributed by atoms with E-state index in [4.69, 9.17) is 35.1 Å². The summed E-state index contributed by atoms with van der Waals surface area (Å²) in [5.41, 5.74) is 1.66. The van der Waals surface area contributed by atoms with E-state index < -0.39 is 5.97 Å². The van der Waals surface area contributed by atoms with Gasteiger partial charge in [-0.15, -0.1) is 0 Å². The molecule has 0 radical (unpaired) electrons. The Bertz CT molecular complexity index is 967. The van der Waals surface area contributed by atoms with Gasteiger partial charge in [-0.2, -0.15) is 0 Å². The summed E-state index contributed by atoms with van der Waals surface area (Å²) < 4.78 is 26.2. The molecule has 0 unspecified atom stereocenters. The molecule has 2 aromatic carbocycles. The van der Waals surface area contributed by atoms with Gasteiger partial charge in [0.1, 0.15) is 17.0 Å². The van der Waals surface area contributed by atoms with E-state index in [9.17, 15) is 4.79 Å². The summed E-state index contributed by atoms with van der Waals surface area (Å²) in [5, 5.41) is 4.61. The molecule has 0 aliphatic carbocycles. The van der Waals surface area contributed by atoms with Crippen molar-refractivity contribution in [2.24, 2.45) is 0 Å². The Morgan fingerprint density at radius 1 is 0.964 bits per heavy atom. The first-order chi connectivity index (χ1) is 13.5. The molecular weight excluding hydrogens is 386 g/mol. The fraction of sp³-hybridized carbons (Fsp3) is 0.200. The molecule has 0 aliphatic rings. The zero-order valence-corrected chi connectivity index (χ0v) is 16.3. The molecule has 0 amide bonds. The van der Waals surface area contributed by atoms with Crippen LogP contribution in [-0.2, 0) is 11.3 Å². The summed E-state index contributed by atoms with van der Waals surface area (Å²) in [7, 11) is 4.43. The van der Waals surface area contributed by atoms with E-state index in [2.05, 4.69) is 5.16 Å². The second-order valence-corrected chi connectivity index (χ2v) is 6.11. The minimum absolute atomic E-state index is 0.0864. The number of ether oxygens (including phenoxy) is 4. The minimum atomic E-state index is -0.595. The predicted molar refractivity (Wildman–Crippen MR) is 102 cm³/mol. The number of esters is 1. The summed E-state index contributed by atoms with van der Waals surface area (Å²) in [5.74, 6) is 0.945. The summed E-state index contributed by atoms with van der Waals surface area (Å²) in [6.45, 7) is -0.0864. The molecule has 28 heavy (non-hydrogen) atoms. The molecule has 146 valence electrons. The molecule has 0 bridgehead atoms. The summed E-state index contributed by atoms with van der Waals surface area (Å²) in [6.07, 6.45) is 0. The Morgan fingerprint density at radius 2 is 1.61 bits per heavy atom. The number of carbonyl (C=O) groups is 1. The highest BCUT2D eigenvalue weighted by Crippen LogP contribution is 2.35. The number of nitrogens with zero attached hydrogens (tertiary/aromatic N) is 1. The standard InChI is InChI=1S/C20H18ClNO6/c1-24-17-10-19(26-3)18(25-2)9-15(17)20(23)27-11-14-8-16(22-28-14)12-4-6-13(21)7-5-12/h4-10H,11H2,1-3H3. The molecule has 0 saturated heterocycles. The average molecular weight is 404 g/mol. The van der Waals surface area contributed by atoms with Gasteiger partial charge in [0.2, 0.25) is 0 Å². The summed E-state index contributed by atoms with van der Waals surface area (Å²) in [4.78, 5) is 12.5. The van der Waals surface area contributed by atoms with Gasteiger partial charge >= 0.3 is 5.97 Å². The van der Waals surface area contributed by atoms with E-state index in [1.165, 1.54) is 27.4 Å². The number of hydrogen-bond acceptors (Lipinski definition) is 7. The summed E-state index contributed by atoms with van der Waals surface area (Å²) >= 11 is 5.88. The Morgan fingerprint density at radius 3 is 2.25 bits per heavy atom. The normalized spacial score (nSPS) is 10.4. The quantitative estimate of drug-likeness (QED) is 0.541. The molecular formula is C20H18ClNO6. The lowest BCUT2D eigenvalue weighted by Crippen LogP contribution is -2.08. The van der Waals surface area contributed by atoms with Crippen LogP contribution in [0.1, 0.15) is 16.1 Å². The fourth-order valence-corrected chi connectivity index (χ4v) is 2.67. The van der Waals surface area contributed by atoms with E-state index in [1.807, 2.05) is 12.1 Å². The highest BCUT2D eigenvalue weighted by atomic mass is 35.5. The van der Waals surface area contributed by atoms with Crippen LogP contribution in [0.25, 0.3) is 11.3 Å². The van der Waals surface area contributed by atoms with Crippen molar-refractivity contribution in [2.75, 3.05) is 21.3 Å². The first-order valence-electron chi connectivity index (χ1n) is 8.24. The van der Waals surface area contributed by atoms with Gasteiger partial charge in [0.05, 0.1) is 21.3 Å². The molecule has 0 aliphatic heterocycles. The average Bonchev–Trinajstić information content (AvgIpc) is 3.20. The van der Waals surface area contributed by atoms with E-state index in [0.29, 0.717) is 33.7 Å². The van der Waals surface area contributed by atoms with Crippen LogP contribution in [0.3, 0.4) is 0 Å². The van der Waals surface area contributed by atoms with Crippen LogP contribution in [0.5, 0.6) is 17.2 Å². The monoisotopic (exact) mass is 403 g/mol. The molecule has 3 aromatic rings. The van der Waals surface area contributed by atoms with Crippen LogP contribution in [0.2, 0.25) is 5.02 Å². The van der Waals surface area contributed by atoms with Crippen LogP contribution >= 0.6 is 11.6 Å². The molecule has 0 atom stereocenters. The smallest absolute Gasteiger partial charge is 0.342 e. The molecule has 0 saturated carbocycles. The van der Waals surface area contributed by atoms with E-state index in [1.54, 1.807) is 24.3 Å². The Hall–Kier alpha value is -3.19. The number of rotatable bonds is 7. The van der Waals surface area contributed by atoms with E-state index in [-0.39, 0.29) is 12.2 Å². The van der Waals surface area contributed by atoms with E-state index >= 15 is 0 Å². The van der Waals surface area contributed by atoms with Gasteiger partial charge in [0.25, 0.3) is 0 Å². The molecule has 0 fully saturated rings. The lowest BCUT2D eigenvalue weighted by Gasteiger charge is -2.13. The second kappa shape index (κ2) is 8.67. The van der Waals surface area contributed by atoms with Gasteiger partial charge in [-0.1, -0.05) is 28.9 Å². The Labute approximate surface area is 166 Å². The number of halogens is 1. The molecule has 7 nitrogen and oxygen atoms in total. The van der Waals surface area contributed by atoms with Crippen LogP contribution in [0.15, 0.2) is 47.0 Å². The van der Waals surface area contributed by atoms with Gasteiger partial charge in [0.15, 0.2) is 23.9 Å². The van der Waals surface area contributed by atoms with Crippen molar-refractivity contribution < 1.29 is 28.3 Å². The summed E-state index contributed by atoms with van der Waals surface area (Å²) in [6, 6.07) is 11.9. The van der Waals surface area contributed by atoms with Crippen molar-refractivity contribution in [3.8, 4) is 28.5 Å². The third-order valence-electron chi connectivity index (χ3n) is 3.97. The zero-order valence-electron chi connectivity index (χ0n) is 15.5. The number of benzene rings is 2. The molecule has 8 heteroatoms. The topological polar surface area (TPSA) is 80.0 Å². The van der Waals surface area contributed by atoms with Crippen molar-refractivity contribution in [3.63, 3.8) is 0 Å². The van der Waals surface area contributed by atoms with Gasteiger partial charge in [-0.3, -0.25) is 0 Å². The lowest BCUT2D eigenvalue weighted by molar-refractivity contribution is 0.0433. The fourth-order valence-electron chi connectivity index (χ4n) is 2.54. The SMILES string of the molecule is COc1cc(OC)c(C(=O)OCc2cc(-c3ccc(Cl)cc3)no2)cc1OC. The Kier molecular flexibility index (Phi) is 6.06. The van der Waals surface area contributed by atoms with Crippen molar-refractivity contribution in [3.05, 3.63) is 58.8 Å². The largest absolute Gasteiger partial charge is 0.496 e. The van der Waals surface area contributed by atoms with Gasteiger partial charge < -0.3 is 23.5 Å². The van der Waals surface area contributed by atoms with Crippen LogP contribution in [0.4, 0.5) is 0 Å². The first kappa shape index (κ1) is 19.6. The number of methoxy groups -OCH3 is 3. The van der Waals surface area contributed by atoms with Gasteiger partial charge in [-0.25, -0.2) is 4.79 Å². The molecule has 1 heterocycles. The molecule has 1 aromatic heterocycles. The second-order valence-electron chi connectivity index (χ2n) is 5.67. The van der Waals surface area contributed by atoms with Crippen LogP contribution in [-0.4, -0.2) is 32.5 Å². The maximum atomic E-state index is 12.5. The van der Waals surface area contributed by atoms with Crippen LogP contribution < -0.4 is 14.2 Å². The molecule has 0 N–H and O–H groups in total. The molecule has 3 rings (SSSR count). The maximum absolute atomic E-state index is 12.5. The zero-order chi connectivity index (χ0) is 20.1. The highest BCUT2D eigenvalue weighted by molar-refractivity contribution is 6.30. The van der Waals surface area contributed by atoms with Crippen molar-refractivity contribution in [1.82, 2.24) is 5.16 Å². The highest BCUT2D eigenvalue weighted by Gasteiger charge is 2.20. The molecule has 0 spiro atoms. The van der Waals surface area contributed by atoms with Gasteiger partial charge in [-0.05, 0) is 12.1 Å². The lowest BCUT2D eigenvalue weighted by atomic mass is 10.1. The number of hydrogen-bond donors (Lipinski definition) is 0. The van der Waals surface area contributed by atoms with Crippen LogP contribution in [0, 0.1) is 0 Å². The third-order valence-corrected chi connectivity index (χ3v) is 4.22. The van der Waals surface area contributed by atoms with Crippen molar-refractivity contribution in [2.45, 2.75) is 6.61 Å². The van der Waals surface area contributed by atoms with Gasteiger partial charge in [0, 0.05) is 28.8 Å². The van der Waals surface area contributed by atoms with E-state index in [0.717, 1.165) is 5.56 Å². The number of aromatic nitrogens is 1. The van der Waals surface area contributed by atoms with Crippen molar-refractivity contribution in [1.29, 1.82) is 0 Å². The minimum Gasteiger partial charge on any atom is -0.496 e. The third kappa shape index (κ3) is 4.20. The Balaban J connectivity index is 1.73. The first-order valence-corrected chi connectivity index (χ1v) is 8.62. The van der Waals surface area contributed by atoms with Crippen molar-refractivity contribution >= 4 is 17.6 Å².